The van der Waals surface area contributed by atoms with E-state index in [1.807, 2.05) is 32.3 Å². The van der Waals surface area contributed by atoms with Crippen LogP contribution in [0.25, 0.3) is 0 Å². The Hall–Kier alpha value is -2.48. The van der Waals surface area contributed by atoms with Crippen molar-refractivity contribution in [3.8, 4) is 0 Å². The molecule has 2 aromatic rings. The van der Waals surface area contributed by atoms with Crippen LogP contribution in [0.2, 0.25) is 5.02 Å². The Balaban J connectivity index is 1.80. The van der Waals surface area contributed by atoms with Crippen molar-refractivity contribution < 1.29 is 9.72 Å². The minimum Gasteiger partial charge on any atom is -0.321 e. The van der Waals surface area contributed by atoms with Gasteiger partial charge in [0, 0.05) is 43.0 Å². The Morgan fingerprint density at radius 1 is 1.30 bits per heavy atom. The average molecular weight is 389 g/mol. The number of carbonyl (C=O) groups excluding carboxylic acids is 1. The van der Waals surface area contributed by atoms with Gasteiger partial charge in [-0.1, -0.05) is 23.7 Å². The molecule has 0 saturated heterocycles. The maximum atomic E-state index is 12.7. The molecule has 0 aliphatic carbocycles. The zero-order chi connectivity index (χ0) is 19.6. The first-order valence-corrected chi connectivity index (χ1v) is 8.96. The van der Waals surface area contributed by atoms with Gasteiger partial charge in [0.15, 0.2) is 0 Å². The quantitative estimate of drug-likeness (QED) is 0.606. The summed E-state index contributed by atoms with van der Waals surface area (Å²) in [6.45, 7) is 3.45. The van der Waals surface area contributed by atoms with Crippen LogP contribution in [0.3, 0.4) is 0 Å². The predicted molar refractivity (Wildman–Crippen MR) is 105 cm³/mol. The number of nitrogens with one attached hydrogen (secondary N) is 1. The summed E-state index contributed by atoms with van der Waals surface area (Å²) in [5, 5.41) is 14.3. The Kier molecular flexibility index (Phi) is 5.74. The minimum atomic E-state index is -0.598. The van der Waals surface area contributed by atoms with Crippen molar-refractivity contribution in [2.24, 2.45) is 0 Å². The van der Waals surface area contributed by atoms with E-state index in [0.717, 1.165) is 37.3 Å². The van der Waals surface area contributed by atoms with Crippen LogP contribution in [0.4, 0.5) is 11.4 Å². The van der Waals surface area contributed by atoms with E-state index in [1.54, 1.807) is 0 Å². The summed E-state index contributed by atoms with van der Waals surface area (Å²) in [6.07, 6.45) is 0. The van der Waals surface area contributed by atoms with Gasteiger partial charge < -0.3 is 10.2 Å². The maximum absolute atomic E-state index is 12.7. The topological polar surface area (TPSA) is 78.7 Å². The fourth-order valence-corrected chi connectivity index (χ4v) is 3.31. The van der Waals surface area contributed by atoms with Gasteiger partial charge in [0.25, 0.3) is 11.6 Å². The molecule has 0 unspecified atom stereocenters. The summed E-state index contributed by atoms with van der Waals surface area (Å²) in [4.78, 5) is 27.8. The highest BCUT2D eigenvalue weighted by atomic mass is 35.5. The molecule has 1 heterocycles. The third kappa shape index (κ3) is 4.44. The van der Waals surface area contributed by atoms with Gasteiger partial charge in [-0.05, 0) is 43.4 Å². The smallest absolute Gasteiger partial charge is 0.283 e. The van der Waals surface area contributed by atoms with Gasteiger partial charge in [0.05, 0.1) is 4.92 Å². The van der Waals surface area contributed by atoms with E-state index in [4.69, 9.17) is 11.6 Å². The number of benzene rings is 2. The van der Waals surface area contributed by atoms with Crippen LogP contribution in [0, 0.1) is 10.1 Å². The van der Waals surface area contributed by atoms with Crippen LogP contribution in [-0.4, -0.2) is 47.8 Å². The first-order valence-electron chi connectivity index (χ1n) is 8.58. The summed E-state index contributed by atoms with van der Waals surface area (Å²) >= 11 is 5.83. The van der Waals surface area contributed by atoms with Gasteiger partial charge in [-0.25, -0.2) is 0 Å². The standard InChI is InChI=1S/C19H21ClN4O3/c1-22(2)8-9-23-11-13-4-3-5-17(16(13)12-23)21-19(25)15-7-6-14(20)10-18(15)24(26)27/h3-7,10H,8-9,11-12H2,1-2H3,(H,21,25). The number of rotatable bonds is 6. The fraction of sp³-hybridized carbons (Fsp3) is 0.316. The average Bonchev–Trinajstić information content (AvgIpc) is 3.04. The molecule has 8 heteroatoms. The molecule has 0 radical (unpaired) electrons. The zero-order valence-electron chi connectivity index (χ0n) is 15.2. The highest BCUT2D eigenvalue weighted by molar-refractivity contribution is 6.31. The van der Waals surface area contributed by atoms with Crippen molar-refractivity contribution in [2.75, 3.05) is 32.5 Å². The molecule has 142 valence electrons. The van der Waals surface area contributed by atoms with Gasteiger partial charge in [-0.3, -0.25) is 19.8 Å². The van der Waals surface area contributed by atoms with Crippen molar-refractivity contribution in [1.29, 1.82) is 0 Å². The number of fused-ring (bicyclic) bond motifs is 1. The lowest BCUT2D eigenvalue weighted by atomic mass is 10.1. The third-order valence-electron chi connectivity index (χ3n) is 4.56. The molecule has 0 saturated carbocycles. The lowest BCUT2D eigenvalue weighted by Gasteiger charge is -2.18. The second kappa shape index (κ2) is 8.04. The van der Waals surface area contributed by atoms with Crippen molar-refractivity contribution in [3.63, 3.8) is 0 Å². The largest absolute Gasteiger partial charge is 0.321 e. The number of nitrogens with zero attached hydrogens (tertiary/aromatic N) is 3. The number of anilines is 1. The molecular weight excluding hydrogens is 368 g/mol. The summed E-state index contributed by atoms with van der Waals surface area (Å²) in [5.41, 5.74) is 2.59. The van der Waals surface area contributed by atoms with Gasteiger partial charge in [0.2, 0.25) is 0 Å². The molecule has 0 spiro atoms. The van der Waals surface area contributed by atoms with Gasteiger partial charge in [-0.15, -0.1) is 0 Å². The van der Waals surface area contributed by atoms with Crippen LogP contribution in [-0.2, 0) is 13.1 Å². The maximum Gasteiger partial charge on any atom is 0.283 e. The summed E-state index contributed by atoms with van der Waals surface area (Å²) < 4.78 is 0. The first-order chi connectivity index (χ1) is 12.8. The Morgan fingerprint density at radius 2 is 2.07 bits per heavy atom. The lowest BCUT2D eigenvalue weighted by Crippen LogP contribution is -2.27. The second-order valence-corrected chi connectivity index (χ2v) is 7.27. The van der Waals surface area contributed by atoms with Crippen molar-refractivity contribution >= 4 is 28.9 Å². The summed E-state index contributed by atoms with van der Waals surface area (Å²) in [6, 6.07) is 9.80. The van der Waals surface area contributed by atoms with E-state index in [0.29, 0.717) is 5.69 Å². The molecule has 1 aliphatic rings. The molecule has 0 fully saturated rings. The molecule has 2 aromatic carbocycles. The van der Waals surface area contributed by atoms with Crippen LogP contribution in [0.5, 0.6) is 0 Å². The van der Waals surface area contributed by atoms with E-state index >= 15 is 0 Å². The molecule has 27 heavy (non-hydrogen) atoms. The van der Waals surface area contributed by atoms with E-state index in [-0.39, 0.29) is 16.3 Å². The fourth-order valence-electron chi connectivity index (χ4n) is 3.14. The van der Waals surface area contributed by atoms with E-state index in [2.05, 4.69) is 15.1 Å². The number of likely N-dealkylation sites (N-methyl/N-ethyl adjacent to an activating group) is 1. The number of carbonyl (C=O) groups is 1. The van der Waals surface area contributed by atoms with Crippen LogP contribution in [0.1, 0.15) is 21.5 Å². The monoisotopic (exact) mass is 388 g/mol. The highest BCUT2D eigenvalue weighted by Crippen LogP contribution is 2.30. The highest BCUT2D eigenvalue weighted by Gasteiger charge is 2.25. The van der Waals surface area contributed by atoms with Gasteiger partial charge in [0.1, 0.15) is 5.56 Å². The minimum absolute atomic E-state index is 0.00976. The predicted octanol–water partition coefficient (Wildman–Crippen LogP) is 3.38. The van der Waals surface area contributed by atoms with Crippen molar-refractivity contribution in [3.05, 3.63) is 68.2 Å². The molecule has 1 N–H and O–H groups in total. The van der Waals surface area contributed by atoms with E-state index in [1.165, 1.54) is 18.2 Å². The molecule has 3 rings (SSSR count). The first kappa shape index (κ1) is 19.3. The van der Waals surface area contributed by atoms with E-state index in [9.17, 15) is 14.9 Å². The van der Waals surface area contributed by atoms with Crippen molar-refractivity contribution in [1.82, 2.24) is 9.80 Å². The molecule has 0 bridgehead atoms. The third-order valence-corrected chi connectivity index (χ3v) is 4.80. The number of hydrogen-bond donors (Lipinski definition) is 1. The van der Waals surface area contributed by atoms with Crippen LogP contribution >= 0.6 is 11.6 Å². The Morgan fingerprint density at radius 3 is 2.78 bits per heavy atom. The Bertz CT molecular complexity index is 885. The van der Waals surface area contributed by atoms with Gasteiger partial charge in [-0.2, -0.15) is 0 Å². The Labute approximate surface area is 162 Å². The van der Waals surface area contributed by atoms with E-state index < -0.39 is 10.8 Å². The molecule has 7 nitrogen and oxygen atoms in total. The second-order valence-electron chi connectivity index (χ2n) is 6.83. The number of halogens is 1. The number of nitro groups is 1. The summed E-state index contributed by atoms with van der Waals surface area (Å²) in [7, 11) is 4.07. The molecule has 0 aromatic heterocycles. The van der Waals surface area contributed by atoms with Gasteiger partial charge >= 0.3 is 0 Å². The molecule has 1 aliphatic heterocycles. The van der Waals surface area contributed by atoms with Crippen LogP contribution < -0.4 is 5.32 Å². The van der Waals surface area contributed by atoms with Crippen LogP contribution in [0.15, 0.2) is 36.4 Å². The molecule has 1 amide bonds. The number of hydrogen-bond acceptors (Lipinski definition) is 5. The summed E-state index contributed by atoms with van der Waals surface area (Å²) in [5.74, 6) is -0.515. The zero-order valence-corrected chi connectivity index (χ0v) is 16.0. The molecule has 0 atom stereocenters. The number of nitro benzene ring substituents is 1. The van der Waals surface area contributed by atoms with Crippen molar-refractivity contribution in [2.45, 2.75) is 13.1 Å². The lowest BCUT2D eigenvalue weighted by molar-refractivity contribution is -0.385. The molecular formula is C19H21ClN4O3. The number of amides is 1. The normalized spacial score (nSPS) is 13.6. The SMILES string of the molecule is CN(C)CCN1Cc2cccc(NC(=O)c3ccc(Cl)cc3[N+](=O)[O-])c2C1.